The normalized spacial score (nSPS) is 12.9. The predicted octanol–water partition coefficient (Wildman–Crippen LogP) is 3.21. The number of hydrogen-bond donors (Lipinski definition) is 1. The molecule has 1 rings (SSSR count). The number of hydrogen-bond acceptors (Lipinski definition) is 3. The molecular formula is C16H23ClN2O2. The van der Waals surface area contributed by atoms with Crippen molar-refractivity contribution in [3.05, 3.63) is 34.9 Å². The van der Waals surface area contributed by atoms with E-state index in [1.807, 2.05) is 26.2 Å². The van der Waals surface area contributed by atoms with Crippen LogP contribution in [0.15, 0.2) is 24.3 Å². The van der Waals surface area contributed by atoms with Crippen LogP contribution in [0, 0.1) is 0 Å². The summed E-state index contributed by atoms with van der Waals surface area (Å²) in [6.07, 6.45) is 2.76. The lowest BCUT2D eigenvalue weighted by molar-refractivity contribution is -0.131. The van der Waals surface area contributed by atoms with Gasteiger partial charge >= 0.3 is 5.97 Å². The van der Waals surface area contributed by atoms with E-state index in [1.165, 1.54) is 0 Å². The van der Waals surface area contributed by atoms with E-state index in [0.29, 0.717) is 11.1 Å². The Kier molecular flexibility index (Phi) is 6.72. The second kappa shape index (κ2) is 8.05. The SMILES string of the molecule is CCN(c1cc(Cl)ccc1/C=C/C(=O)O)C(C)CN(C)C. The number of carbonyl (C=O) groups is 1. The number of likely N-dealkylation sites (N-methyl/N-ethyl adjacent to an activating group) is 2. The Balaban J connectivity index is 3.17. The van der Waals surface area contributed by atoms with E-state index in [9.17, 15) is 4.79 Å². The largest absolute Gasteiger partial charge is 0.478 e. The molecule has 0 amide bonds. The lowest BCUT2D eigenvalue weighted by Crippen LogP contribution is -2.40. The molecule has 0 heterocycles. The van der Waals surface area contributed by atoms with Crippen molar-refractivity contribution in [1.29, 1.82) is 0 Å². The molecule has 1 aromatic carbocycles. The lowest BCUT2D eigenvalue weighted by Gasteiger charge is -2.33. The minimum absolute atomic E-state index is 0.292. The van der Waals surface area contributed by atoms with E-state index in [0.717, 1.165) is 30.4 Å². The molecule has 21 heavy (non-hydrogen) atoms. The Morgan fingerprint density at radius 2 is 2.10 bits per heavy atom. The molecule has 5 heteroatoms. The van der Waals surface area contributed by atoms with E-state index in [4.69, 9.17) is 16.7 Å². The van der Waals surface area contributed by atoms with Gasteiger partial charge in [0.25, 0.3) is 0 Å². The third kappa shape index (κ3) is 5.40. The molecule has 0 fully saturated rings. The van der Waals surface area contributed by atoms with Gasteiger partial charge in [-0.25, -0.2) is 4.79 Å². The van der Waals surface area contributed by atoms with Gasteiger partial charge in [-0.2, -0.15) is 0 Å². The molecule has 0 saturated carbocycles. The summed E-state index contributed by atoms with van der Waals surface area (Å²) in [5, 5.41) is 9.46. The number of carboxylic acid groups (broad SMARTS) is 1. The quantitative estimate of drug-likeness (QED) is 0.785. The summed E-state index contributed by atoms with van der Waals surface area (Å²) >= 11 is 6.11. The number of benzene rings is 1. The van der Waals surface area contributed by atoms with Gasteiger partial charge in [0.1, 0.15) is 0 Å². The number of halogens is 1. The maximum absolute atomic E-state index is 10.7. The molecule has 1 unspecified atom stereocenters. The zero-order valence-electron chi connectivity index (χ0n) is 13.0. The first-order valence-corrected chi connectivity index (χ1v) is 7.34. The van der Waals surface area contributed by atoms with Crippen LogP contribution >= 0.6 is 11.6 Å². The Labute approximate surface area is 131 Å². The molecule has 0 aromatic heterocycles. The summed E-state index contributed by atoms with van der Waals surface area (Å²) in [6, 6.07) is 5.80. The molecule has 0 aliphatic carbocycles. The van der Waals surface area contributed by atoms with Crippen molar-refractivity contribution in [3.63, 3.8) is 0 Å². The predicted molar refractivity (Wildman–Crippen MR) is 89.2 cm³/mol. The Morgan fingerprint density at radius 3 is 2.62 bits per heavy atom. The third-order valence-electron chi connectivity index (χ3n) is 3.21. The van der Waals surface area contributed by atoms with Crippen LogP contribution in [0.1, 0.15) is 19.4 Å². The van der Waals surface area contributed by atoms with Gasteiger partial charge in [-0.1, -0.05) is 17.7 Å². The maximum atomic E-state index is 10.7. The van der Waals surface area contributed by atoms with Gasteiger partial charge < -0.3 is 14.9 Å². The summed E-state index contributed by atoms with van der Waals surface area (Å²) < 4.78 is 0. The fourth-order valence-electron chi connectivity index (χ4n) is 2.41. The van der Waals surface area contributed by atoms with Crippen LogP contribution in [0.4, 0.5) is 5.69 Å². The molecular weight excluding hydrogens is 288 g/mol. The highest BCUT2D eigenvalue weighted by Crippen LogP contribution is 2.27. The number of carboxylic acids is 1. The van der Waals surface area contributed by atoms with Crippen LogP contribution in [-0.4, -0.2) is 49.2 Å². The molecule has 0 aliphatic rings. The molecule has 0 saturated heterocycles. The number of rotatable bonds is 7. The van der Waals surface area contributed by atoms with Crippen LogP contribution < -0.4 is 4.90 Å². The summed E-state index contributed by atoms with van der Waals surface area (Å²) in [7, 11) is 4.07. The third-order valence-corrected chi connectivity index (χ3v) is 3.44. The van der Waals surface area contributed by atoms with E-state index < -0.39 is 5.97 Å². The first kappa shape index (κ1) is 17.5. The standard InChI is InChI=1S/C16H23ClN2O2/c1-5-19(12(2)11-18(3)4)15-10-14(17)8-6-13(15)7-9-16(20)21/h6-10,12H,5,11H2,1-4H3,(H,20,21)/b9-7+. The minimum Gasteiger partial charge on any atom is -0.478 e. The summed E-state index contributed by atoms with van der Waals surface area (Å²) in [5.74, 6) is -0.958. The molecule has 116 valence electrons. The number of anilines is 1. The monoisotopic (exact) mass is 310 g/mol. The smallest absolute Gasteiger partial charge is 0.328 e. The molecule has 0 aliphatic heterocycles. The van der Waals surface area contributed by atoms with Gasteiger partial charge in [-0.3, -0.25) is 0 Å². The number of nitrogens with zero attached hydrogens (tertiary/aromatic N) is 2. The minimum atomic E-state index is -0.958. The van der Waals surface area contributed by atoms with Crippen LogP contribution in [-0.2, 0) is 4.79 Å². The van der Waals surface area contributed by atoms with Crippen LogP contribution in [0.2, 0.25) is 5.02 Å². The van der Waals surface area contributed by atoms with Gasteiger partial charge in [-0.15, -0.1) is 0 Å². The highest BCUT2D eigenvalue weighted by molar-refractivity contribution is 6.31. The van der Waals surface area contributed by atoms with Gasteiger partial charge in [0.15, 0.2) is 0 Å². The topological polar surface area (TPSA) is 43.8 Å². The highest BCUT2D eigenvalue weighted by Gasteiger charge is 2.16. The van der Waals surface area contributed by atoms with Crippen LogP contribution in [0.3, 0.4) is 0 Å². The zero-order valence-corrected chi connectivity index (χ0v) is 13.8. The van der Waals surface area contributed by atoms with Gasteiger partial charge in [0.05, 0.1) is 0 Å². The Morgan fingerprint density at radius 1 is 1.43 bits per heavy atom. The van der Waals surface area contributed by atoms with E-state index in [1.54, 1.807) is 12.1 Å². The average molecular weight is 311 g/mol. The first-order valence-electron chi connectivity index (χ1n) is 6.97. The first-order chi connectivity index (χ1) is 9.85. The fraction of sp³-hybridized carbons (Fsp3) is 0.438. The summed E-state index contributed by atoms with van der Waals surface area (Å²) in [5.41, 5.74) is 1.81. The van der Waals surface area contributed by atoms with Crippen molar-refractivity contribution in [3.8, 4) is 0 Å². The van der Waals surface area contributed by atoms with Crippen molar-refractivity contribution in [2.45, 2.75) is 19.9 Å². The summed E-state index contributed by atoms with van der Waals surface area (Å²) in [6.45, 7) is 5.96. The Bertz CT molecular complexity index is 515. The Hall–Kier alpha value is -1.52. The van der Waals surface area contributed by atoms with Crippen LogP contribution in [0.25, 0.3) is 6.08 Å². The van der Waals surface area contributed by atoms with E-state index in [2.05, 4.69) is 23.6 Å². The molecule has 0 bridgehead atoms. The second-order valence-corrected chi connectivity index (χ2v) is 5.71. The molecule has 4 nitrogen and oxygen atoms in total. The maximum Gasteiger partial charge on any atom is 0.328 e. The van der Waals surface area contributed by atoms with Crippen molar-refractivity contribution in [2.24, 2.45) is 0 Å². The zero-order chi connectivity index (χ0) is 16.0. The van der Waals surface area contributed by atoms with Crippen LogP contribution in [0.5, 0.6) is 0 Å². The summed E-state index contributed by atoms with van der Waals surface area (Å²) in [4.78, 5) is 15.1. The molecule has 1 atom stereocenters. The molecule has 0 spiro atoms. The van der Waals surface area contributed by atoms with Gasteiger partial charge in [0, 0.05) is 35.9 Å². The average Bonchev–Trinajstić information content (AvgIpc) is 2.37. The lowest BCUT2D eigenvalue weighted by atomic mass is 10.1. The van der Waals surface area contributed by atoms with Crippen molar-refractivity contribution in [1.82, 2.24) is 4.90 Å². The molecule has 1 aromatic rings. The van der Waals surface area contributed by atoms with Crippen molar-refractivity contribution < 1.29 is 9.90 Å². The highest BCUT2D eigenvalue weighted by atomic mass is 35.5. The van der Waals surface area contributed by atoms with Crippen molar-refractivity contribution in [2.75, 3.05) is 32.1 Å². The second-order valence-electron chi connectivity index (χ2n) is 5.27. The molecule has 1 N–H and O–H groups in total. The number of aliphatic carboxylic acids is 1. The fourth-order valence-corrected chi connectivity index (χ4v) is 2.58. The van der Waals surface area contributed by atoms with E-state index in [-0.39, 0.29) is 0 Å². The van der Waals surface area contributed by atoms with E-state index >= 15 is 0 Å². The van der Waals surface area contributed by atoms with Crippen molar-refractivity contribution >= 4 is 29.3 Å². The van der Waals surface area contributed by atoms with Gasteiger partial charge in [-0.05, 0) is 51.7 Å². The molecule has 0 radical (unpaired) electrons. The van der Waals surface area contributed by atoms with Gasteiger partial charge in [0.2, 0.25) is 0 Å².